The highest BCUT2D eigenvalue weighted by Crippen LogP contribution is 2.34. The SMILES string of the molecule is CCSc1cccc(-c2ccc(N)cc2)c1N. The van der Waals surface area contributed by atoms with E-state index in [1.807, 2.05) is 36.4 Å². The van der Waals surface area contributed by atoms with Crippen LogP contribution in [0.3, 0.4) is 0 Å². The van der Waals surface area contributed by atoms with Gasteiger partial charge in [-0.05, 0) is 29.5 Å². The van der Waals surface area contributed by atoms with Crippen LogP contribution in [-0.4, -0.2) is 5.75 Å². The molecule has 3 heteroatoms. The van der Waals surface area contributed by atoms with Crippen LogP contribution in [-0.2, 0) is 0 Å². The summed E-state index contributed by atoms with van der Waals surface area (Å²) in [6, 6.07) is 13.9. The Morgan fingerprint density at radius 1 is 1.00 bits per heavy atom. The number of nitrogens with two attached hydrogens (primary N) is 2. The van der Waals surface area contributed by atoms with E-state index < -0.39 is 0 Å². The molecule has 0 amide bonds. The Labute approximate surface area is 106 Å². The largest absolute Gasteiger partial charge is 0.399 e. The standard InChI is InChI=1S/C14H16N2S/c1-2-17-13-5-3-4-12(14(13)16)10-6-8-11(15)9-7-10/h3-9H,2,15-16H2,1H3. The van der Waals surface area contributed by atoms with Gasteiger partial charge in [-0.25, -0.2) is 0 Å². The molecule has 17 heavy (non-hydrogen) atoms. The topological polar surface area (TPSA) is 52.0 Å². The molecule has 0 aliphatic rings. The lowest BCUT2D eigenvalue weighted by Crippen LogP contribution is -1.93. The molecular formula is C14H16N2S. The van der Waals surface area contributed by atoms with Crippen molar-refractivity contribution in [1.82, 2.24) is 0 Å². The second kappa shape index (κ2) is 5.15. The molecule has 0 aromatic heterocycles. The Hall–Kier alpha value is -1.61. The number of nitrogen functional groups attached to an aromatic ring is 2. The van der Waals surface area contributed by atoms with Crippen LogP contribution in [0.15, 0.2) is 47.4 Å². The molecule has 0 saturated heterocycles. The zero-order valence-corrected chi connectivity index (χ0v) is 10.6. The minimum atomic E-state index is 0.770. The summed E-state index contributed by atoms with van der Waals surface area (Å²) in [6.07, 6.45) is 0. The minimum Gasteiger partial charge on any atom is -0.399 e. The average Bonchev–Trinajstić information content (AvgIpc) is 2.34. The van der Waals surface area contributed by atoms with Gasteiger partial charge in [0, 0.05) is 16.1 Å². The molecule has 2 rings (SSSR count). The summed E-state index contributed by atoms with van der Waals surface area (Å²) in [5.74, 6) is 1.02. The van der Waals surface area contributed by atoms with E-state index in [1.54, 1.807) is 11.8 Å². The molecule has 0 saturated carbocycles. The fourth-order valence-corrected chi connectivity index (χ4v) is 2.49. The first kappa shape index (κ1) is 11.9. The predicted molar refractivity (Wildman–Crippen MR) is 77.1 cm³/mol. The molecule has 2 nitrogen and oxygen atoms in total. The molecule has 0 atom stereocenters. The van der Waals surface area contributed by atoms with Crippen LogP contribution in [0.2, 0.25) is 0 Å². The van der Waals surface area contributed by atoms with E-state index in [1.165, 1.54) is 0 Å². The number of benzene rings is 2. The van der Waals surface area contributed by atoms with Gasteiger partial charge in [0.1, 0.15) is 0 Å². The van der Waals surface area contributed by atoms with E-state index in [-0.39, 0.29) is 0 Å². The second-order valence-corrected chi connectivity index (χ2v) is 5.08. The predicted octanol–water partition coefficient (Wildman–Crippen LogP) is 3.63. The monoisotopic (exact) mass is 244 g/mol. The Morgan fingerprint density at radius 2 is 1.71 bits per heavy atom. The fraction of sp³-hybridized carbons (Fsp3) is 0.143. The Morgan fingerprint density at radius 3 is 2.35 bits per heavy atom. The van der Waals surface area contributed by atoms with Crippen LogP contribution in [0.1, 0.15) is 6.92 Å². The van der Waals surface area contributed by atoms with Crippen LogP contribution >= 0.6 is 11.8 Å². The summed E-state index contributed by atoms with van der Waals surface area (Å²) in [4.78, 5) is 1.14. The third-order valence-corrected chi connectivity index (χ3v) is 3.54. The van der Waals surface area contributed by atoms with Gasteiger partial charge in [0.05, 0.1) is 5.69 Å². The van der Waals surface area contributed by atoms with E-state index in [4.69, 9.17) is 11.5 Å². The minimum absolute atomic E-state index is 0.770. The molecule has 0 unspecified atom stereocenters. The van der Waals surface area contributed by atoms with Crippen molar-refractivity contribution in [2.24, 2.45) is 0 Å². The van der Waals surface area contributed by atoms with Crippen LogP contribution in [0.25, 0.3) is 11.1 Å². The molecule has 0 radical (unpaired) electrons. The number of hydrogen-bond acceptors (Lipinski definition) is 3. The normalized spacial score (nSPS) is 10.4. The molecular weight excluding hydrogens is 228 g/mol. The summed E-state index contributed by atoms with van der Waals surface area (Å²) < 4.78 is 0. The number of para-hydroxylation sites is 1. The Bertz CT molecular complexity index is 506. The lowest BCUT2D eigenvalue weighted by atomic mass is 10.0. The third kappa shape index (κ3) is 2.56. The summed E-state index contributed by atoms with van der Waals surface area (Å²) >= 11 is 1.76. The van der Waals surface area contributed by atoms with E-state index in [9.17, 15) is 0 Å². The third-order valence-electron chi connectivity index (χ3n) is 2.59. The van der Waals surface area contributed by atoms with Gasteiger partial charge in [-0.3, -0.25) is 0 Å². The highest BCUT2D eigenvalue weighted by molar-refractivity contribution is 7.99. The van der Waals surface area contributed by atoms with Gasteiger partial charge in [0.2, 0.25) is 0 Å². The van der Waals surface area contributed by atoms with E-state index in [0.29, 0.717) is 0 Å². The van der Waals surface area contributed by atoms with Gasteiger partial charge < -0.3 is 11.5 Å². The van der Waals surface area contributed by atoms with Crippen molar-refractivity contribution in [3.8, 4) is 11.1 Å². The molecule has 0 aliphatic carbocycles. The highest BCUT2D eigenvalue weighted by atomic mass is 32.2. The van der Waals surface area contributed by atoms with Crippen molar-refractivity contribution in [3.05, 3.63) is 42.5 Å². The highest BCUT2D eigenvalue weighted by Gasteiger charge is 2.06. The van der Waals surface area contributed by atoms with Crippen LogP contribution < -0.4 is 11.5 Å². The van der Waals surface area contributed by atoms with Crippen molar-refractivity contribution in [2.45, 2.75) is 11.8 Å². The van der Waals surface area contributed by atoms with Crippen molar-refractivity contribution in [1.29, 1.82) is 0 Å². The van der Waals surface area contributed by atoms with E-state index in [2.05, 4.69) is 13.0 Å². The van der Waals surface area contributed by atoms with Crippen molar-refractivity contribution < 1.29 is 0 Å². The molecule has 2 aromatic rings. The van der Waals surface area contributed by atoms with Gasteiger partial charge in [-0.15, -0.1) is 11.8 Å². The lowest BCUT2D eigenvalue weighted by Gasteiger charge is -2.10. The number of hydrogen-bond donors (Lipinski definition) is 2. The first-order chi connectivity index (χ1) is 8.22. The molecule has 0 heterocycles. The van der Waals surface area contributed by atoms with E-state index >= 15 is 0 Å². The van der Waals surface area contributed by atoms with E-state index in [0.717, 1.165) is 33.2 Å². The summed E-state index contributed by atoms with van der Waals surface area (Å²) in [5.41, 5.74) is 15.7. The number of anilines is 2. The van der Waals surface area contributed by atoms with Gasteiger partial charge >= 0.3 is 0 Å². The Balaban J connectivity index is 2.45. The van der Waals surface area contributed by atoms with Crippen LogP contribution in [0.4, 0.5) is 11.4 Å². The quantitative estimate of drug-likeness (QED) is 0.640. The summed E-state index contributed by atoms with van der Waals surface area (Å²) in [6.45, 7) is 2.12. The summed E-state index contributed by atoms with van der Waals surface area (Å²) in [7, 11) is 0. The number of rotatable bonds is 3. The van der Waals surface area contributed by atoms with Gasteiger partial charge in [0.25, 0.3) is 0 Å². The molecule has 0 spiro atoms. The molecule has 0 fully saturated rings. The fourth-order valence-electron chi connectivity index (χ4n) is 1.74. The maximum atomic E-state index is 6.19. The molecule has 0 bridgehead atoms. The maximum Gasteiger partial charge on any atom is 0.0531 e. The molecule has 4 N–H and O–H groups in total. The smallest absolute Gasteiger partial charge is 0.0531 e. The first-order valence-electron chi connectivity index (χ1n) is 5.59. The zero-order valence-electron chi connectivity index (χ0n) is 9.81. The first-order valence-corrected chi connectivity index (χ1v) is 6.58. The second-order valence-electron chi connectivity index (χ2n) is 3.77. The number of thioether (sulfide) groups is 1. The van der Waals surface area contributed by atoms with Gasteiger partial charge in [-0.1, -0.05) is 31.2 Å². The zero-order chi connectivity index (χ0) is 12.3. The lowest BCUT2D eigenvalue weighted by molar-refractivity contribution is 1.42. The van der Waals surface area contributed by atoms with Crippen LogP contribution in [0.5, 0.6) is 0 Å². The maximum absolute atomic E-state index is 6.19. The Kier molecular flexibility index (Phi) is 3.59. The van der Waals surface area contributed by atoms with Crippen molar-refractivity contribution >= 4 is 23.1 Å². The molecule has 2 aromatic carbocycles. The van der Waals surface area contributed by atoms with Gasteiger partial charge in [0.15, 0.2) is 0 Å². The van der Waals surface area contributed by atoms with Crippen molar-refractivity contribution in [3.63, 3.8) is 0 Å². The molecule has 0 aliphatic heterocycles. The average molecular weight is 244 g/mol. The molecule has 88 valence electrons. The van der Waals surface area contributed by atoms with Crippen molar-refractivity contribution in [2.75, 3.05) is 17.2 Å². The van der Waals surface area contributed by atoms with Crippen LogP contribution in [0, 0.1) is 0 Å². The van der Waals surface area contributed by atoms with Gasteiger partial charge in [-0.2, -0.15) is 0 Å². The summed E-state index contributed by atoms with van der Waals surface area (Å²) in [5, 5.41) is 0.